The first-order valence-electron chi connectivity index (χ1n) is 16.9. The van der Waals surface area contributed by atoms with Gasteiger partial charge in [-0.05, 0) is 50.3 Å². The Balaban J connectivity index is 2.89. The molecule has 3 atom stereocenters. The van der Waals surface area contributed by atoms with E-state index in [0.717, 1.165) is 25.7 Å². The van der Waals surface area contributed by atoms with Crippen molar-refractivity contribution in [3.05, 3.63) is 42.0 Å². The largest absolute Gasteiger partial charge is 0.481 e. The van der Waals surface area contributed by atoms with Crippen LogP contribution in [0, 0.1) is 17.8 Å². The van der Waals surface area contributed by atoms with Crippen LogP contribution in [0.15, 0.2) is 36.4 Å². The van der Waals surface area contributed by atoms with Gasteiger partial charge >= 0.3 is 11.9 Å². The van der Waals surface area contributed by atoms with Crippen LogP contribution in [0.25, 0.3) is 0 Å². The lowest BCUT2D eigenvalue weighted by atomic mass is 9.83. The standard InChI is InChI=1S/C37H55F2NO8/c1-5-7-9-13-16-23-36(38,39)24-17-14-11-10-12-15-18-31(37(45,35(43)44)25-27-46-3)33(41)40-32(34(42)47-4)28-29-19-21-30(22-20-29)48-26-8-6-2/h15,18-22,31-32,45H,5,7,9-14,16-17,23-28H2,1-4H3,(H,40,41)(H,43,44)/t31-,32?,37+/m1/s1. The van der Waals surface area contributed by atoms with Crippen LogP contribution < -0.4 is 10.1 Å². The molecular weight excluding hydrogens is 624 g/mol. The molecule has 0 aliphatic rings. The van der Waals surface area contributed by atoms with E-state index in [-0.39, 0.29) is 38.9 Å². The van der Waals surface area contributed by atoms with Crippen LogP contribution in [0.2, 0.25) is 0 Å². The van der Waals surface area contributed by atoms with E-state index in [0.29, 0.717) is 49.8 Å². The smallest absolute Gasteiger partial charge is 0.336 e. The molecule has 1 rings (SSSR count). The van der Waals surface area contributed by atoms with Crippen molar-refractivity contribution in [3.63, 3.8) is 0 Å². The lowest BCUT2D eigenvalue weighted by Gasteiger charge is -2.30. The van der Waals surface area contributed by atoms with Crippen molar-refractivity contribution in [2.24, 2.45) is 5.92 Å². The highest BCUT2D eigenvalue weighted by molar-refractivity contribution is 5.92. The van der Waals surface area contributed by atoms with Gasteiger partial charge in [-0.15, -0.1) is 5.92 Å². The fraction of sp³-hybridized carbons (Fsp3) is 0.649. The van der Waals surface area contributed by atoms with E-state index in [2.05, 4.69) is 24.1 Å². The first-order chi connectivity index (χ1) is 22.9. The molecule has 0 saturated carbocycles. The van der Waals surface area contributed by atoms with Crippen LogP contribution in [0.5, 0.6) is 5.75 Å². The number of carbonyl (C=O) groups is 3. The molecule has 270 valence electrons. The summed E-state index contributed by atoms with van der Waals surface area (Å²) in [5, 5.41) is 23.8. The Morgan fingerprint density at radius 3 is 2.15 bits per heavy atom. The number of aliphatic hydroxyl groups is 1. The second kappa shape index (κ2) is 23.8. The van der Waals surface area contributed by atoms with Gasteiger partial charge in [0.2, 0.25) is 11.8 Å². The average molecular weight is 680 g/mol. The quantitative estimate of drug-likeness (QED) is 0.0430. The summed E-state index contributed by atoms with van der Waals surface area (Å²) in [4.78, 5) is 38.5. The fourth-order valence-electron chi connectivity index (χ4n) is 5.21. The number of esters is 1. The Kier molecular flexibility index (Phi) is 21.1. The van der Waals surface area contributed by atoms with Crippen LogP contribution in [0.3, 0.4) is 0 Å². The zero-order valence-corrected chi connectivity index (χ0v) is 29.0. The van der Waals surface area contributed by atoms with E-state index in [1.54, 1.807) is 37.3 Å². The van der Waals surface area contributed by atoms with Gasteiger partial charge in [-0.3, -0.25) is 4.79 Å². The monoisotopic (exact) mass is 679 g/mol. The van der Waals surface area contributed by atoms with Gasteiger partial charge in [0.25, 0.3) is 0 Å². The molecule has 11 heteroatoms. The molecule has 0 fully saturated rings. The zero-order chi connectivity index (χ0) is 35.8. The lowest BCUT2D eigenvalue weighted by Crippen LogP contribution is -2.55. The number of carbonyl (C=O) groups excluding carboxylic acids is 2. The van der Waals surface area contributed by atoms with E-state index in [1.165, 1.54) is 20.3 Å². The minimum absolute atomic E-state index is 0.0331. The number of hydrogen-bond acceptors (Lipinski definition) is 7. The molecule has 1 aromatic rings. The number of hydrogen-bond donors (Lipinski definition) is 3. The number of aliphatic carboxylic acids is 1. The number of nitrogens with one attached hydrogen (secondary N) is 1. The maximum absolute atomic E-state index is 14.2. The van der Waals surface area contributed by atoms with E-state index >= 15 is 0 Å². The van der Waals surface area contributed by atoms with Crippen LogP contribution in [-0.4, -0.2) is 73.1 Å². The van der Waals surface area contributed by atoms with Gasteiger partial charge in [0, 0.05) is 39.4 Å². The van der Waals surface area contributed by atoms with E-state index in [4.69, 9.17) is 14.2 Å². The predicted octanol–water partition coefficient (Wildman–Crippen LogP) is 6.65. The summed E-state index contributed by atoms with van der Waals surface area (Å²) < 4.78 is 43.7. The molecule has 3 N–H and O–H groups in total. The number of alkyl halides is 2. The molecule has 48 heavy (non-hydrogen) atoms. The van der Waals surface area contributed by atoms with E-state index in [9.17, 15) is 33.4 Å². The van der Waals surface area contributed by atoms with Crippen molar-refractivity contribution in [2.75, 3.05) is 27.4 Å². The van der Waals surface area contributed by atoms with E-state index < -0.39 is 41.3 Å². The molecule has 0 spiro atoms. The molecule has 0 aliphatic heterocycles. The van der Waals surface area contributed by atoms with Gasteiger partial charge in [0.15, 0.2) is 5.60 Å². The maximum atomic E-state index is 14.2. The van der Waals surface area contributed by atoms with Crippen molar-refractivity contribution >= 4 is 17.8 Å². The topological polar surface area (TPSA) is 131 Å². The molecule has 0 aromatic heterocycles. The third-order valence-corrected chi connectivity index (χ3v) is 8.15. The Bertz CT molecular complexity index is 1180. The first kappa shape index (κ1) is 42.5. The van der Waals surface area contributed by atoms with Gasteiger partial charge in [0.1, 0.15) is 18.4 Å². The molecule has 0 heterocycles. The van der Waals surface area contributed by atoms with Gasteiger partial charge in [0.05, 0.1) is 13.0 Å². The number of rotatable bonds is 26. The number of allylic oxidation sites excluding steroid dienone is 1. The van der Waals surface area contributed by atoms with Crippen molar-refractivity contribution in [1.29, 1.82) is 0 Å². The summed E-state index contributed by atoms with van der Waals surface area (Å²) in [5.74, 6) is -1.36. The molecule has 0 bridgehead atoms. The normalized spacial score (nSPS) is 14.0. The molecule has 0 saturated heterocycles. The molecule has 9 nitrogen and oxygen atoms in total. The Hall–Kier alpha value is -3.49. The molecule has 0 radical (unpaired) electrons. The SMILES string of the molecule is CC#CCOc1ccc(CC(NC(=O)[C@@H](C=CCCCCCCC(F)(F)CCCCCCC)[C@@](O)(CCOC)C(=O)O)C(=O)OC)cc1. The van der Waals surface area contributed by atoms with Crippen molar-refractivity contribution in [3.8, 4) is 17.6 Å². The summed E-state index contributed by atoms with van der Waals surface area (Å²) in [7, 11) is 2.52. The summed E-state index contributed by atoms with van der Waals surface area (Å²) in [6.07, 6.45) is 9.65. The molecule has 1 amide bonds. The fourth-order valence-corrected chi connectivity index (χ4v) is 5.21. The zero-order valence-electron chi connectivity index (χ0n) is 29.0. The first-order valence-corrected chi connectivity index (χ1v) is 16.9. The highest BCUT2D eigenvalue weighted by Crippen LogP contribution is 2.29. The Morgan fingerprint density at radius 1 is 0.958 bits per heavy atom. The summed E-state index contributed by atoms with van der Waals surface area (Å²) in [5.41, 5.74) is -1.86. The Morgan fingerprint density at radius 2 is 1.58 bits per heavy atom. The average Bonchev–Trinajstić information content (AvgIpc) is 3.06. The predicted molar refractivity (Wildman–Crippen MR) is 181 cm³/mol. The third kappa shape index (κ3) is 16.6. The van der Waals surface area contributed by atoms with Gasteiger partial charge in [-0.2, -0.15) is 0 Å². The van der Waals surface area contributed by atoms with Crippen LogP contribution in [0.4, 0.5) is 8.78 Å². The molecule has 1 aromatic carbocycles. The van der Waals surface area contributed by atoms with Gasteiger partial charge in [-0.25, -0.2) is 18.4 Å². The molecule has 0 aliphatic carbocycles. The highest BCUT2D eigenvalue weighted by atomic mass is 19.3. The minimum atomic E-state index is -2.65. The number of ether oxygens (including phenoxy) is 3. The Labute approximate surface area is 284 Å². The number of amides is 1. The lowest BCUT2D eigenvalue weighted by molar-refractivity contribution is -0.169. The molecular formula is C37H55F2NO8. The van der Waals surface area contributed by atoms with E-state index in [1.807, 2.05) is 0 Å². The van der Waals surface area contributed by atoms with Crippen molar-refractivity contribution in [1.82, 2.24) is 5.32 Å². The van der Waals surface area contributed by atoms with Crippen LogP contribution in [0.1, 0.15) is 103 Å². The van der Waals surface area contributed by atoms with Gasteiger partial charge < -0.3 is 29.7 Å². The number of unbranched alkanes of at least 4 members (excludes halogenated alkanes) is 8. The van der Waals surface area contributed by atoms with Crippen molar-refractivity contribution < 1.29 is 47.6 Å². The summed E-state index contributed by atoms with van der Waals surface area (Å²) in [6, 6.07) is 5.66. The summed E-state index contributed by atoms with van der Waals surface area (Å²) in [6.45, 7) is 3.88. The minimum Gasteiger partial charge on any atom is -0.481 e. The summed E-state index contributed by atoms with van der Waals surface area (Å²) >= 11 is 0. The number of halogens is 2. The second-order valence-corrected chi connectivity index (χ2v) is 12.0. The number of methoxy groups -OCH3 is 2. The van der Waals surface area contributed by atoms with Crippen LogP contribution in [-0.2, 0) is 30.3 Å². The second-order valence-electron chi connectivity index (χ2n) is 12.0. The van der Waals surface area contributed by atoms with Crippen molar-refractivity contribution in [2.45, 2.75) is 121 Å². The molecule has 1 unspecified atom stereocenters. The number of carboxylic acid groups (broad SMARTS) is 1. The third-order valence-electron chi connectivity index (χ3n) is 8.15. The van der Waals surface area contributed by atoms with Crippen LogP contribution >= 0.6 is 0 Å². The highest BCUT2D eigenvalue weighted by Gasteiger charge is 2.47. The van der Waals surface area contributed by atoms with Gasteiger partial charge in [-0.1, -0.05) is 75.7 Å². The number of benzene rings is 1. The number of carboxylic acids is 1. The maximum Gasteiger partial charge on any atom is 0.336 e.